The molecule has 0 aliphatic rings. The molecule has 1 rings (SSSR count). The molecule has 0 saturated carbocycles. The van der Waals surface area contributed by atoms with Gasteiger partial charge in [0.25, 0.3) is 0 Å². The minimum Gasteiger partial charge on any atom is -0.389 e. The van der Waals surface area contributed by atoms with Crippen molar-refractivity contribution in [1.82, 2.24) is 0 Å². The van der Waals surface area contributed by atoms with Gasteiger partial charge in [-0.3, -0.25) is 0 Å². The van der Waals surface area contributed by atoms with Gasteiger partial charge in [0.2, 0.25) is 0 Å². The lowest BCUT2D eigenvalue weighted by molar-refractivity contribution is -0.137. The molecule has 2 nitrogen and oxygen atoms in total. The first-order chi connectivity index (χ1) is 8.54. The van der Waals surface area contributed by atoms with Crippen LogP contribution < -0.4 is 4.90 Å². The Labute approximate surface area is 119 Å². The summed E-state index contributed by atoms with van der Waals surface area (Å²) in [4.78, 5) is 1.52. The molecule has 0 unspecified atom stereocenters. The Balaban J connectivity index is 3.24. The Hall–Kier alpha value is -0.750. The van der Waals surface area contributed by atoms with Crippen LogP contribution in [-0.2, 0) is 6.18 Å². The van der Waals surface area contributed by atoms with Crippen molar-refractivity contribution < 1.29 is 18.3 Å². The molecule has 108 valence electrons. The van der Waals surface area contributed by atoms with E-state index in [1.165, 1.54) is 11.0 Å². The second kappa shape index (κ2) is 5.71. The Morgan fingerprint density at radius 1 is 1.26 bits per heavy atom. The van der Waals surface area contributed by atoms with E-state index >= 15 is 0 Å². The van der Waals surface area contributed by atoms with Gasteiger partial charge >= 0.3 is 6.18 Å². The second-order valence-electron chi connectivity index (χ2n) is 4.99. The molecule has 0 heterocycles. The Morgan fingerprint density at radius 2 is 1.84 bits per heavy atom. The van der Waals surface area contributed by atoms with E-state index in [-0.39, 0.29) is 12.2 Å². The maximum atomic E-state index is 13.0. The standard InChI is InChI=1S/C13H17BrF3NO/c1-4-18(8-12(2,3)19)11-6-5-9(14)7-10(11)13(15,16)17/h5-7,19H,4,8H2,1-3H3. The van der Waals surface area contributed by atoms with Gasteiger partial charge in [0.05, 0.1) is 11.2 Å². The third kappa shape index (κ3) is 4.69. The summed E-state index contributed by atoms with van der Waals surface area (Å²) in [5.41, 5.74) is -1.68. The van der Waals surface area contributed by atoms with Crippen molar-refractivity contribution in [1.29, 1.82) is 0 Å². The van der Waals surface area contributed by atoms with Crippen LogP contribution >= 0.6 is 15.9 Å². The molecule has 0 fully saturated rings. The van der Waals surface area contributed by atoms with E-state index in [0.29, 0.717) is 11.0 Å². The number of anilines is 1. The minimum absolute atomic E-state index is 0.0836. The van der Waals surface area contributed by atoms with E-state index in [1.54, 1.807) is 26.8 Å². The summed E-state index contributed by atoms with van der Waals surface area (Å²) in [7, 11) is 0. The van der Waals surface area contributed by atoms with Crippen LogP contribution in [-0.4, -0.2) is 23.8 Å². The van der Waals surface area contributed by atoms with Crippen molar-refractivity contribution in [3.63, 3.8) is 0 Å². The first-order valence-electron chi connectivity index (χ1n) is 5.88. The van der Waals surface area contributed by atoms with Crippen molar-refractivity contribution in [2.75, 3.05) is 18.0 Å². The molecule has 0 aliphatic heterocycles. The smallest absolute Gasteiger partial charge is 0.389 e. The number of rotatable bonds is 4. The maximum absolute atomic E-state index is 13.0. The average molecular weight is 340 g/mol. The second-order valence-corrected chi connectivity index (χ2v) is 5.90. The number of likely N-dealkylation sites (N-methyl/N-ethyl adjacent to an activating group) is 1. The molecule has 0 aromatic heterocycles. The molecule has 19 heavy (non-hydrogen) atoms. The fourth-order valence-corrected chi connectivity index (χ4v) is 2.21. The first kappa shape index (κ1) is 16.3. The van der Waals surface area contributed by atoms with Gasteiger partial charge in [0, 0.05) is 23.2 Å². The van der Waals surface area contributed by atoms with Crippen LogP contribution in [0.3, 0.4) is 0 Å². The van der Waals surface area contributed by atoms with E-state index in [2.05, 4.69) is 15.9 Å². The normalized spacial score (nSPS) is 12.6. The monoisotopic (exact) mass is 339 g/mol. The average Bonchev–Trinajstić information content (AvgIpc) is 2.23. The van der Waals surface area contributed by atoms with Gasteiger partial charge in [-0.05, 0) is 39.0 Å². The van der Waals surface area contributed by atoms with Crippen LogP contribution in [0.5, 0.6) is 0 Å². The molecule has 0 bridgehead atoms. The zero-order valence-corrected chi connectivity index (χ0v) is 12.6. The predicted molar refractivity (Wildman–Crippen MR) is 73.3 cm³/mol. The van der Waals surface area contributed by atoms with Gasteiger partial charge < -0.3 is 10.0 Å². The van der Waals surface area contributed by atoms with Crippen molar-refractivity contribution in [2.45, 2.75) is 32.5 Å². The molecule has 1 aromatic carbocycles. The van der Waals surface area contributed by atoms with E-state index in [0.717, 1.165) is 6.07 Å². The summed E-state index contributed by atoms with van der Waals surface area (Å²) in [5, 5.41) is 9.80. The van der Waals surface area contributed by atoms with E-state index in [9.17, 15) is 18.3 Å². The van der Waals surface area contributed by atoms with Crippen molar-refractivity contribution >= 4 is 21.6 Å². The SMILES string of the molecule is CCN(CC(C)(C)O)c1ccc(Br)cc1C(F)(F)F. The highest BCUT2D eigenvalue weighted by atomic mass is 79.9. The molecule has 6 heteroatoms. The zero-order chi connectivity index (χ0) is 14.8. The number of halogens is 4. The Morgan fingerprint density at radius 3 is 2.26 bits per heavy atom. The summed E-state index contributed by atoms with van der Waals surface area (Å²) >= 11 is 3.05. The van der Waals surface area contributed by atoms with Crippen molar-refractivity contribution in [2.24, 2.45) is 0 Å². The lowest BCUT2D eigenvalue weighted by atomic mass is 10.1. The fourth-order valence-electron chi connectivity index (χ4n) is 1.85. The van der Waals surface area contributed by atoms with Crippen LogP contribution in [0.15, 0.2) is 22.7 Å². The molecular formula is C13H17BrF3NO. The van der Waals surface area contributed by atoms with Crippen LogP contribution in [0.25, 0.3) is 0 Å². The van der Waals surface area contributed by atoms with Crippen LogP contribution in [0.2, 0.25) is 0 Å². The molecule has 0 atom stereocenters. The largest absolute Gasteiger partial charge is 0.418 e. The fraction of sp³-hybridized carbons (Fsp3) is 0.538. The van der Waals surface area contributed by atoms with Crippen molar-refractivity contribution in [3.05, 3.63) is 28.2 Å². The molecular weight excluding hydrogens is 323 g/mol. The van der Waals surface area contributed by atoms with Crippen LogP contribution in [0.1, 0.15) is 26.3 Å². The number of nitrogens with zero attached hydrogens (tertiary/aromatic N) is 1. The summed E-state index contributed by atoms with van der Waals surface area (Å²) in [6.07, 6.45) is -4.42. The molecule has 0 saturated heterocycles. The summed E-state index contributed by atoms with van der Waals surface area (Å²) in [6.45, 7) is 5.42. The number of benzene rings is 1. The topological polar surface area (TPSA) is 23.5 Å². The highest BCUT2D eigenvalue weighted by Gasteiger charge is 2.35. The van der Waals surface area contributed by atoms with E-state index < -0.39 is 17.3 Å². The van der Waals surface area contributed by atoms with Gasteiger partial charge in [0.15, 0.2) is 0 Å². The summed E-state index contributed by atoms with van der Waals surface area (Å²) in [6, 6.07) is 4.04. The molecule has 0 aliphatic carbocycles. The molecule has 0 radical (unpaired) electrons. The quantitative estimate of drug-likeness (QED) is 0.893. The Kier molecular flexibility index (Phi) is 4.90. The van der Waals surface area contributed by atoms with Gasteiger partial charge in [-0.2, -0.15) is 13.2 Å². The molecule has 1 aromatic rings. The summed E-state index contributed by atoms with van der Waals surface area (Å²) in [5.74, 6) is 0. The number of hydrogen-bond donors (Lipinski definition) is 1. The van der Waals surface area contributed by atoms with Gasteiger partial charge in [-0.15, -0.1) is 0 Å². The van der Waals surface area contributed by atoms with Gasteiger partial charge in [-0.25, -0.2) is 0 Å². The third-order valence-electron chi connectivity index (χ3n) is 2.56. The minimum atomic E-state index is -4.42. The summed E-state index contributed by atoms with van der Waals surface area (Å²) < 4.78 is 39.5. The third-order valence-corrected chi connectivity index (χ3v) is 3.06. The van der Waals surface area contributed by atoms with Crippen LogP contribution in [0, 0.1) is 0 Å². The Bertz CT molecular complexity index is 440. The molecule has 0 spiro atoms. The lowest BCUT2D eigenvalue weighted by Gasteiger charge is -2.31. The molecule has 0 amide bonds. The highest BCUT2D eigenvalue weighted by Crippen LogP contribution is 2.38. The zero-order valence-electron chi connectivity index (χ0n) is 11.1. The number of hydrogen-bond acceptors (Lipinski definition) is 2. The van der Waals surface area contributed by atoms with E-state index in [4.69, 9.17) is 0 Å². The number of alkyl halides is 3. The number of aliphatic hydroxyl groups is 1. The van der Waals surface area contributed by atoms with Gasteiger partial charge in [0.1, 0.15) is 0 Å². The van der Waals surface area contributed by atoms with Gasteiger partial charge in [-0.1, -0.05) is 15.9 Å². The van der Waals surface area contributed by atoms with Crippen molar-refractivity contribution in [3.8, 4) is 0 Å². The highest BCUT2D eigenvalue weighted by molar-refractivity contribution is 9.10. The molecule has 1 N–H and O–H groups in total. The first-order valence-corrected chi connectivity index (χ1v) is 6.68. The van der Waals surface area contributed by atoms with Crippen LogP contribution in [0.4, 0.5) is 18.9 Å². The van der Waals surface area contributed by atoms with E-state index in [1.807, 2.05) is 0 Å². The maximum Gasteiger partial charge on any atom is 0.418 e. The lowest BCUT2D eigenvalue weighted by Crippen LogP contribution is -2.39. The predicted octanol–water partition coefficient (Wildman–Crippen LogP) is 4.07.